The molecule has 27 heavy (non-hydrogen) atoms. The van der Waals surface area contributed by atoms with Crippen molar-refractivity contribution in [3.8, 4) is 34.3 Å². The molecule has 3 aromatic rings. The van der Waals surface area contributed by atoms with Gasteiger partial charge in [-0.1, -0.05) is 0 Å². The zero-order valence-corrected chi connectivity index (χ0v) is 14.9. The summed E-state index contributed by atoms with van der Waals surface area (Å²) < 4.78 is 5.56. The van der Waals surface area contributed by atoms with Gasteiger partial charge in [0, 0.05) is 17.2 Å². The van der Waals surface area contributed by atoms with E-state index in [-0.39, 0.29) is 46.6 Å². The number of hydrogen-bond acceptors (Lipinski definition) is 7. The highest BCUT2D eigenvalue weighted by atomic mass is 16.4. The predicted molar refractivity (Wildman–Crippen MR) is 99.2 cm³/mol. The zero-order chi connectivity index (χ0) is 19.9. The molecule has 0 spiro atoms. The van der Waals surface area contributed by atoms with E-state index in [2.05, 4.69) is 0 Å². The molecule has 0 bridgehead atoms. The van der Waals surface area contributed by atoms with E-state index in [4.69, 9.17) is 4.42 Å². The van der Waals surface area contributed by atoms with E-state index in [1.165, 1.54) is 30.3 Å². The van der Waals surface area contributed by atoms with Crippen molar-refractivity contribution in [2.45, 2.75) is 32.3 Å². The van der Waals surface area contributed by atoms with Crippen LogP contribution in [0.15, 0.2) is 39.5 Å². The Morgan fingerprint density at radius 1 is 1.00 bits per heavy atom. The van der Waals surface area contributed by atoms with Gasteiger partial charge >= 0.3 is 0 Å². The Kier molecular flexibility index (Phi) is 4.49. The zero-order valence-electron chi connectivity index (χ0n) is 14.9. The summed E-state index contributed by atoms with van der Waals surface area (Å²) in [5.41, 5.74) is -1.53. The number of aromatic hydroxyl groups is 4. The molecule has 7 nitrogen and oxygen atoms in total. The first-order chi connectivity index (χ1) is 12.6. The van der Waals surface area contributed by atoms with Gasteiger partial charge in [0.25, 0.3) is 0 Å². The van der Waals surface area contributed by atoms with Crippen LogP contribution in [0.5, 0.6) is 23.0 Å². The third kappa shape index (κ3) is 3.54. The SMILES string of the molecule is CC(C)(O)CCc1c(O)cc2oc(-c3ccc(O)cc3)c(O)c(=O)c2c1O. The fourth-order valence-electron chi connectivity index (χ4n) is 2.84. The van der Waals surface area contributed by atoms with Crippen LogP contribution in [0.3, 0.4) is 0 Å². The Morgan fingerprint density at radius 2 is 1.63 bits per heavy atom. The Balaban J connectivity index is 2.20. The summed E-state index contributed by atoms with van der Waals surface area (Å²) in [7, 11) is 0. The minimum atomic E-state index is -1.02. The second-order valence-electron chi connectivity index (χ2n) is 7.06. The second kappa shape index (κ2) is 6.51. The largest absolute Gasteiger partial charge is 0.508 e. The molecular weight excluding hydrogens is 352 g/mol. The van der Waals surface area contributed by atoms with E-state index >= 15 is 0 Å². The molecule has 0 saturated carbocycles. The summed E-state index contributed by atoms with van der Waals surface area (Å²) in [6.07, 6.45) is 0.361. The number of phenolic OH excluding ortho intramolecular Hbond substituents is 3. The van der Waals surface area contributed by atoms with Gasteiger partial charge in [0.2, 0.25) is 11.2 Å². The van der Waals surface area contributed by atoms with Gasteiger partial charge in [-0.25, -0.2) is 0 Å². The highest BCUT2D eigenvalue weighted by Crippen LogP contribution is 2.39. The number of fused-ring (bicyclic) bond motifs is 1. The number of hydrogen-bond donors (Lipinski definition) is 5. The van der Waals surface area contributed by atoms with Crippen LogP contribution in [0.2, 0.25) is 0 Å². The second-order valence-corrected chi connectivity index (χ2v) is 7.06. The molecule has 5 N–H and O–H groups in total. The van der Waals surface area contributed by atoms with Gasteiger partial charge in [0.15, 0.2) is 5.76 Å². The lowest BCUT2D eigenvalue weighted by Gasteiger charge is -2.18. The van der Waals surface area contributed by atoms with Crippen molar-refractivity contribution in [1.82, 2.24) is 0 Å². The van der Waals surface area contributed by atoms with Gasteiger partial charge in [-0.15, -0.1) is 0 Å². The van der Waals surface area contributed by atoms with Crippen molar-refractivity contribution in [3.05, 3.63) is 46.1 Å². The summed E-state index contributed by atoms with van der Waals surface area (Å²) in [6.45, 7) is 3.18. The molecule has 0 unspecified atom stereocenters. The third-order valence-electron chi connectivity index (χ3n) is 4.33. The molecule has 3 rings (SSSR count). The van der Waals surface area contributed by atoms with Crippen LogP contribution in [0.25, 0.3) is 22.3 Å². The predicted octanol–water partition coefficient (Wildman–Crippen LogP) is 2.99. The number of rotatable bonds is 4. The van der Waals surface area contributed by atoms with E-state index in [1.807, 2.05) is 0 Å². The van der Waals surface area contributed by atoms with Crippen molar-refractivity contribution in [3.63, 3.8) is 0 Å². The molecule has 0 aliphatic heterocycles. The van der Waals surface area contributed by atoms with Crippen LogP contribution < -0.4 is 5.43 Å². The number of aliphatic hydroxyl groups is 1. The topological polar surface area (TPSA) is 131 Å². The van der Waals surface area contributed by atoms with Crippen LogP contribution >= 0.6 is 0 Å². The Hall–Kier alpha value is -3.19. The highest BCUT2D eigenvalue weighted by molar-refractivity contribution is 5.89. The first-order valence-electron chi connectivity index (χ1n) is 8.34. The Bertz CT molecular complexity index is 1060. The lowest BCUT2D eigenvalue weighted by molar-refractivity contribution is 0.0711. The molecule has 0 saturated heterocycles. The molecule has 0 amide bonds. The summed E-state index contributed by atoms with van der Waals surface area (Å²) in [6, 6.07) is 6.84. The van der Waals surface area contributed by atoms with Gasteiger partial charge in [-0.05, 0) is 51.0 Å². The first kappa shape index (κ1) is 18.6. The van der Waals surface area contributed by atoms with Crippen LogP contribution in [-0.4, -0.2) is 31.1 Å². The fraction of sp³-hybridized carbons (Fsp3) is 0.250. The van der Waals surface area contributed by atoms with Gasteiger partial charge in [0.1, 0.15) is 28.2 Å². The number of benzene rings is 2. The van der Waals surface area contributed by atoms with E-state index in [0.717, 1.165) is 0 Å². The average Bonchev–Trinajstić information content (AvgIpc) is 2.57. The molecule has 1 aromatic heterocycles. The average molecular weight is 372 g/mol. The van der Waals surface area contributed by atoms with Crippen molar-refractivity contribution < 1.29 is 29.9 Å². The van der Waals surface area contributed by atoms with E-state index < -0.39 is 22.5 Å². The standard InChI is InChI=1S/C20H20O7/c1-20(2,26)8-7-12-13(22)9-14-15(16(12)23)17(24)18(25)19(27-14)10-3-5-11(21)6-4-10/h3-6,9,21-23,25-26H,7-8H2,1-2H3. The quantitative estimate of drug-likeness (QED) is 0.476. The Morgan fingerprint density at radius 3 is 2.22 bits per heavy atom. The molecule has 142 valence electrons. The van der Waals surface area contributed by atoms with Crippen LogP contribution in [0, 0.1) is 0 Å². The highest BCUT2D eigenvalue weighted by Gasteiger charge is 2.23. The maximum absolute atomic E-state index is 12.6. The maximum Gasteiger partial charge on any atom is 0.238 e. The van der Waals surface area contributed by atoms with Gasteiger partial charge in [-0.3, -0.25) is 4.79 Å². The van der Waals surface area contributed by atoms with E-state index in [0.29, 0.717) is 5.56 Å². The van der Waals surface area contributed by atoms with Crippen molar-refractivity contribution in [1.29, 1.82) is 0 Å². The molecule has 1 heterocycles. The summed E-state index contributed by atoms with van der Waals surface area (Å²) in [5, 5.41) is 50.0. The normalized spacial score (nSPS) is 11.8. The number of phenols is 3. The van der Waals surface area contributed by atoms with Crippen molar-refractivity contribution in [2.24, 2.45) is 0 Å². The lowest BCUT2D eigenvalue weighted by Crippen LogP contribution is -2.19. The fourth-order valence-corrected chi connectivity index (χ4v) is 2.84. The van der Waals surface area contributed by atoms with Crippen LogP contribution in [-0.2, 0) is 6.42 Å². The lowest BCUT2D eigenvalue weighted by atomic mass is 9.96. The summed E-state index contributed by atoms with van der Waals surface area (Å²) in [5.74, 6) is -1.60. The minimum absolute atomic E-state index is 0.00751. The monoisotopic (exact) mass is 372 g/mol. The third-order valence-corrected chi connectivity index (χ3v) is 4.33. The molecule has 0 aliphatic carbocycles. The molecular formula is C20H20O7. The van der Waals surface area contributed by atoms with Gasteiger partial charge in [0.05, 0.1) is 5.60 Å². The minimum Gasteiger partial charge on any atom is -0.508 e. The molecule has 0 atom stereocenters. The van der Waals surface area contributed by atoms with Crippen molar-refractivity contribution in [2.75, 3.05) is 0 Å². The smallest absolute Gasteiger partial charge is 0.238 e. The summed E-state index contributed by atoms with van der Waals surface area (Å²) in [4.78, 5) is 12.6. The molecule has 2 aromatic carbocycles. The maximum atomic E-state index is 12.6. The van der Waals surface area contributed by atoms with E-state index in [1.54, 1.807) is 13.8 Å². The molecule has 7 heteroatoms. The van der Waals surface area contributed by atoms with Gasteiger partial charge < -0.3 is 29.9 Å². The van der Waals surface area contributed by atoms with E-state index in [9.17, 15) is 30.3 Å². The molecule has 0 aliphatic rings. The van der Waals surface area contributed by atoms with Crippen LogP contribution in [0.1, 0.15) is 25.8 Å². The molecule has 0 fully saturated rings. The van der Waals surface area contributed by atoms with Crippen molar-refractivity contribution >= 4 is 11.0 Å². The van der Waals surface area contributed by atoms with Crippen LogP contribution in [0.4, 0.5) is 0 Å². The van der Waals surface area contributed by atoms with Gasteiger partial charge in [-0.2, -0.15) is 0 Å². The first-order valence-corrected chi connectivity index (χ1v) is 8.34. The summed E-state index contributed by atoms with van der Waals surface area (Å²) >= 11 is 0. The molecule has 0 radical (unpaired) electrons. The Labute approximate surface area is 154 Å².